The minimum Gasteiger partial charge on any atom is -0.364 e. The lowest BCUT2D eigenvalue weighted by atomic mass is 10.4. The SMILES string of the molecule is CNC(=S)N/N=C(\C)Cn1c([N+](=O)[O-])cnc1C. The van der Waals surface area contributed by atoms with Gasteiger partial charge in [0.2, 0.25) is 0 Å². The molecule has 8 nitrogen and oxygen atoms in total. The molecule has 1 heterocycles. The third-order valence-electron chi connectivity index (χ3n) is 2.18. The molecule has 1 rings (SSSR count). The highest BCUT2D eigenvalue weighted by molar-refractivity contribution is 7.80. The molecular weight excluding hydrogens is 256 g/mol. The number of hydrogen-bond acceptors (Lipinski definition) is 5. The molecule has 0 aliphatic carbocycles. The van der Waals surface area contributed by atoms with Gasteiger partial charge in [-0.3, -0.25) is 5.43 Å². The van der Waals surface area contributed by atoms with Crippen LogP contribution >= 0.6 is 12.2 Å². The van der Waals surface area contributed by atoms with Gasteiger partial charge in [0.25, 0.3) is 0 Å². The van der Waals surface area contributed by atoms with Crippen LogP contribution in [-0.2, 0) is 6.54 Å². The van der Waals surface area contributed by atoms with Crippen LogP contribution in [-0.4, -0.2) is 32.3 Å². The Bertz CT molecular complexity index is 495. The number of aryl methyl sites for hydroxylation is 1. The number of aromatic nitrogens is 2. The Balaban J connectivity index is 2.81. The van der Waals surface area contributed by atoms with E-state index in [-0.39, 0.29) is 12.4 Å². The molecule has 0 fully saturated rings. The second kappa shape index (κ2) is 6.05. The molecule has 0 radical (unpaired) electrons. The summed E-state index contributed by atoms with van der Waals surface area (Å²) in [5, 5.41) is 17.9. The van der Waals surface area contributed by atoms with Crippen molar-refractivity contribution in [3.8, 4) is 0 Å². The van der Waals surface area contributed by atoms with Gasteiger partial charge >= 0.3 is 5.82 Å². The summed E-state index contributed by atoms with van der Waals surface area (Å²) in [7, 11) is 1.67. The molecule has 9 heteroatoms. The number of nitrogens with zero attached hydrogens (tertiary/aromatic N) is 4. The molecular formula is C9H14N6O2S. The maximum Gasteiger partial charge on any atom is 0.343 e. The van der Waals surface area contributed by atoms with Crippen LogP contribution in [0.3, 0.4) is 0 Å². The largest absolute Gasteiger partial charge is 0.364 e. The lowest BCUT2D eigenvalue weighted by Gasteiger charge is -2.04. The number of imidazole rings is 1. The second-order valence-corrected chi connectivity index (χ2v) is 3.95. The first kappa shape index (κ1) is 14.0. The van der Waals surface area contributed by atoms with Crippen molar-refractivity contribution >= 4 is 28.9 Å². The van der Waals surface area contributed by atoms with Gasteiger partial charge in [-0.1, -0.05) is 0 Å². The summed E-state index contributed by atoms with van der Waals surface area (Å²) >= 11 is 4.86. The van der Waals surface area contributed by atoms with E-state index in [2.05, 4.69) is 20.8 Å². The fourth-order valence-electron chi connectivity index (χ4n) is 1.26. The van der Waals surface area contributed by atoms with Gasteiger partial charge in [-0.15, -0.1) is 0 Å². The molecule has 1 aromatic heterocycles. The Hall–Kier alpha value is -2.03. The van der Waals surface area contributed by atoms with E-state index in [9.17, 15) is 10.1 Å². The molecule has 0 unspecified atom stereocenters. The summed E-state index contributed by atoms with van der Waals surface area (Å²) in [6, 6.07) is 0. The quantitative estimate of drug-likeness (QED) is 0.359. The Labute approximate surface area is 109 Å². The van der Waals surface area contributed by atoms with Gasteiger partial charge in [-0.25, -0.2) is 9.55 Å². The van der Waals surface area contributed by atoms with Crippen molar-refractivity contribution in [2.75, 3.05) is 7.05 Å². The van der Waals surface area contributed by atoms with Gasteiger partial charge in [-0.2, -0.15) is 5.10 Å². The first-order valence-electron chi connectivity index (χ1n) is 5.13. The third kappa shape index (κ3) is 3.48. The number of rotatable bonds is 4. The van der Waals surface area contributed by atoms with Crippen molar-refractivity contribution in [1.82, 2.24) is 20.3 Å². The van der Waals surface area contributed by atoms with Crippen molar-refractivity contribution in [3.05, 3.63) is 22.1 Å². The minimum atomic E-state index is -0.473. The molecule has 0 aliphatic heterocycles. The molecule has 1 aromatic rings. The first-order chi connectivity index (χ1) is 8.45. The fourth-order valence-corrected chi connectivity index (χ4v) is 1.31. The number of nitrogens with one attached hydrogen (secondary N) is 2. The summed E-state index contributed by atoms with van der Waals surface area (Å²) in [5.41, 5.74) is 3.27. The minimum absolute atomic E-state index is 0.0572. The van der Waals surface area contributed by atoms with Gasteiger partial charge in [0.05, 0.1) is 5.71 Å². The number of hydrogen-bond donors (Lipinski definition) is 2. The molecule has 98 valence electrons. The number of nitro groups is 1. The number of hydrazone groups is 1. The summed E-state index contributed by atoms with van der Waals surface area (Å²) in [6.07, 6.45) is 1.23. The summed E-state index contributed by atoms with van der Waals surface area (Å²) in [4.78, 5) is 14.2. The van der Waals surface area contributed by atoms with E-state index in [0.29, 0.717) is 16.6 Å². The first-order valence-corrected chi connectivity index (χ1v) is 5.54. The lowest BCUT2D eigenvalue weighted by Crippen LogP contribution is -2.29. The molecule has 2 N–H and O–H groups in total. The zero-order chi connectivity index (χ0) is 13.7. The van der Waals surface area contributed by atoms with E-state index in [1.54, 1.807) is 20.9 Å². The van der Waals surface area contributed by atoms with Crippen LogP contribution in [0.4, 0.5) is 5.82 Å². The molecule has 0 bridgehead atoms. The van der Waals surface area contributed by atoms with Crippen LogP contribution in [0.25, 0.3) is 0 Å². The van der Waals surface area contributed by atoms with Crippen LogP contribution in [0, 0.1) is 17.0 Å². The maximum atomic E-state index is 10.8. The smallest absolute Gasteiger partial charge is 0.343 e. The monoisotopic (exact) mass is 270 g/mol. The lowest BCUT2D eigenvalue weighted by molar-refractivity contribution is -0.392. The Kier molecular flexibility index (Phi) is 4.72. The Morgan fingerprint density at radius 1 is 1.72 bits per heavy atom. The molecule has 0 saturated carbocycles. The van der Waals surface area contributed by atoms with Crippen molar-refractivity contribution < 1.29 is 4.92 Å². The predicted molar refractivity (Wildman–Crippen MR) is 71.5 cm³/mol. The standard InChI is InChI=1S/C9H14N6O2S/c1-6(12-13-9(18)10-3)5-14-7(2)11-4-8(14)15(16)17/h4H,5H2,1-3H3,(H2,10,13,18)/b12-6+. The average Bonchev–Trinajstić information content (AvgIpc) is 2.68. The van der Waals surface area contributed by atoms with Crippen molar-refractivity contribution in [3.63, 3.8) is 0 Å². The van der Waals surface area contributed by atoms with Crippen molar-refractivity contribution in [2.45, 2.75) is 20.4 Å². The Morgan fingerprint density at radius 2 is 2.39 bits per heavy atom. The second-order valence-electron chi connectivity index (χ2n) is 3.54. The van der Waals surface area contributed by atoms with Crippen molar-refractivity contribution in [1.29, 1.82) is 0 Å². The molecule has 0 spiro atoms. The van der Waals surface area contributed by atoms with E-state index < -0.39 is 4.92 Å². The predicted octanol–water partition coefficient (Wildman–Crippen LogP) is 0.570. The zero-order valence-corrected chi connectivity index (χ0v) is 11.1. The van der Waals surface area contributed by atoms with Gasteiger partial charge < -0.3 is 15.4 Å². The summed E-state index contributed by atoms with van der Waals surface area (Å²) < 4.78 is 1.48. The molecule has 0 atom stereocenters. The third-order valence-corrected chi connectivity index (χ3v) is 2.48. The van der Waals surface area contributed by atoms with Crippen LogP contribution in [0.15, 0.2) is 11.3 Å². The maximum absolute atomic E-state index is 10.8. The highest BCUT2D eigenvalue weighted by Gasteiger charge is 2.17. The van der Waals surface area contributed by atoms with Crippen molar-refractivity contribution in [2.24, 2.45) is 5.10 Å². The van der Waals surface area contributed by atoms with E-state index in [0.717, 1.165) is 0 Å². The average molecular weight is 270 g/mol. The Morgan fingerprint density at radius 3 is 2.94 bits per heavy atom. The van der Waals surface area contributed by atoms with Gasteiger partial charge in [0.1, 0.15) is 12.7 Å². The van der Waals surface area contributed by atoms with Crippen LogP contribution in [0.5, 0.6) is 0 Å². The van der Waals surface area contributed by atoms with Crippen LogP contribution in [0.2, 0.25) is 0 Å². The van der Waals surface area contributed by atoms with Crippen LogP contribution in [0.1, 0.15) is 12.7 Å². The highest BCUT2D eigenvalue weighted by Crippen LogP contribution is 2.13. The molecule has 0 aromatic carbocycles. The van der Waals surface area contributed by atoms with Gasteiger partial charge in [0.15, 0.2) is 10.9 Å². The molecule has 0 aliphatic rings. The summed E-state index contributed by atoms with van der Waals surface area (Å²) in [5.74, 6) is 0.505. The van der Waals surface area contributed by atoms with Gasteiger partial charge in [-0.05, 0) is 24.1 Å². The summed E-state index contributed by atoms with van der Waals surface area (Å²) in [6.45, 7) is 3.72. The van der Waals surface area contributed by atoms with Crippen LogP contribution < -0.4 is 10.7 Å². The van der Waals surface area contributed by atoms with E-state index >= 15 is 0 Å². The zero-order valence-electron chi connectivity index (χ0n) is 10.3. The highest BCUT2D eigenvalue weighted by atomic mass is 32.1. The molecule has 0 amide bonds. The van der Waals surface area contributed by atoms with E-state index in [1.807, 2.05) is 0 Å². The normalized spacial score (nSPS) is 11.2. The topological polar surface area (TPSA) is 97.4 Å². The molecule has 18 heavy (non-hydrogen) atoms. The molecule has 0 saturated heterocycles. The van der Waals surface area contributed by atoms with E-state index in [4.69, 9.17) is 12.2 Å². The van der Waals surface area contributed by atoms with Gasteiger partial charge in [0, 0.05) is 14.0 Å². The van der Waals surface area contributed by atoms with E-state index in [1.165, 1.54) is 10.8 Å². The fraction of sp³-hybridized carbons (Fsp3) is 0.444. The number of thiocarbonyl (C=S) groups is 1.